The summed E-state index contributed by atoms with van der Waals surface area (Å²) in [5.74, 6) is 0.127. The van der Waals surface area contributed by atoms with Crippen LogP contribution in [0.5, 0.6) is 0 Å². The van der Waals surface area contributed by atoms with Gasteiger partial charge in [0, 0.05) is 18.2 Å². The first-order valence-electron chi connectivity index (χ1n) is 4.31. The number of nitrogens with zero attached hydrogens (tertiary/aromatic N) is 4. The molecule has 2 heterocycles. The van der Waals surface area contributed by atoms with Crippen LogP contribution in [-0.2, 0) is 4.79 Å². The van der Waals surface area contributed by atoms with E-state index in [4.69, 9.17) is 11.5 Å². The largest absolute Gasteiger partial charge is 0.368 e. The Morgan fingerprint density at radius 2 is 1.87 bits per heavy atom. The van der Waals surface area contributed by atoms with Crippen LogP contribution in [0.15, 0.2) is 0 Å². The van der Waals surface area contributed by atoms with Crippen molar-refractivity contribution < 1.29 is 4.79 Å². The summed E-state index contributed by atoms with van der Waals surface area (Å²) in [6.45, 7) is 0.463. The number of aromatic nitrogens is 3. The van der Waals surface area contributed by atoms with Crippen LogP contribution in [0, 0.1) is 0 Å². The minimum atomic E-state index is -0.0833. The highest BCUT2D eigenvalue weighted by Gasteiger charge is 2.30. The van der Waals surface area contributed by atoms with Gasteiger partial charge in [0.25, 0.3) is 0 Å². The number of rotatable bonds is 1. The monoisotopic (exact) mass is 226 g/mol. The van der Waals surface area contributed by atoms with Crippen molar-refractivity contribution in [2.45, 2.75) is 11.7 Å². The Kier molecular flexibility index (Phi) is 2.35. The molecule has 1 amide bonds. The molecule has 1 atom stereocenters. The Morgan fingerprint density at radius 3 is 2.33 bits per heavy atom. The number of amides is 1. The van der Waals surface area contributed by atoms with Gasteiger partial charge in [-0.25, -0.2) is 0 Å². The van der Waals surface area contributed by atoms with Gasteiger partial charge in [-0.05, 0) is 0 Å². The summed E-state index contributed by atoms with van der Waals surface area (Å²) in [5.41, 5.74) is 10.8. The lowest BCUT2D eigenvalue weighted by Gasteiger charge is -2.13. The standard InChI is InChI=1S/C7H10N6OS/c8-5-10-6(9)12-7(11-5)13-2-3(15)1-4(13)14/h3,15H,1-2H2,(H4,8,9,10,11,12). The summed E-state index contributed by atoms with van der Waals surface area (Å²) in [7, 11) is 0. The zero-order valence-corrected chi connectivity index (χ0v) is 8.69. The minimum absolute atomic E-state index is 0.00304. The highest BCUT2D eigenvalue weighted by molar-refractivity contribution is 7.81. The third-order valence-electron chi connectivity index (χ3n) is 2.00. The Hall–Kier alpha value is -1.57. The van der Waals surface area contributed by atoms with Gasteiger partial charge >= 0.3 is 0 Å². The summed E-state index contributed by atoms with van der Waals surface area (Å²) in [6.07, 6.45) is 0.370. The fraction of sp³-hybridized carbons (Fsp3) is 0.429. The molecular formula is C7H10N6OS. The first-order valence-corrected chi connectivity index (χ1v) is 4.83. The van der Waals surface area contributed by atoms with Crippen LogP contribution in [0.1, 0.15) is 6.42 Å². The first kappa shape index (κ1) is 9.97. The lowest BCUT2D eigenvalue weighted by Crippen LogP contribution is -2.27. The molecule has 1 aromatic heterocycles. The summed E-state index contributed by atoms with van der Waals surface area (Å²) >= 11 is 4.22. The molecule has 4 N–H and O–H groups in total. The molecular weight excluding hydrogens is 216 g/mol. The van der Waals surface area contributed by atoms with Crippen molar-refractivity contribution in [2.24, 2.45) is 0 Å². The van der Waals surface area contributed by atoms with E-state index in [2.05, 4.69) is 27.6 Å². The summed E-state index contributed by atoms with van der Waals surface area (Å²) in [6, 6.07) is 0. The van der Waals surface area contributed by atoms with Crippen LogP contribution in [0.2, 0.25) is 0 Å². The predicted octanol–water partition coefficient (Wildman–Crippen LogP) is -0.929. The topological polar surface area (TPSA) is 111 Å². The molecule has 0 radical (unpaired) electrons. The van der Waals surface area contributed by atoms with Gasteiger partial charge in [-0.1, -0.05) is 0 Å². The zero-order chi connectivity index (χ0) is 11.0. The molecule has 1 fully saturated rings. The Bertz CT molecular complexity index is 390. The average molecular weight is 226 g/mol. The lowest BCUT2D eigenvalue weighted by molar-refractivity contribution is -0.117. The van der Waals surface area contributed by atoms with Crippen molar-refractivity contribution in [3.8, 4) is 0 Å². The van der Waals surface area contributed by atoms with Crippen LogP contribution in [-0.4, -0.2) is 32.7 Å². The highest BCUT2D eigenvalue weighted by Crippen LogP contribution is 2.21. The van der Waals surface area contributed by atoms with E-state index in [1.807, 2.05) is 0 Å². The second kappa shape index (κ2) is 3.54. The number of nitrogens with two attached hydrogens (primary N) is 2. The molecule has 1 unspecified atom stereocenters. The number of carbonyl (C=O) groups excluding carboxylic acids is 1. The molecule has 15 heavy (non-hydrogen) atoms. The van der Waals surface area contributed by atoms with E-state index in [0.29, 0.717) is 13.0 Å². The van der Waals surface area contributed by atoms with Crippen LogP contribution in [0.3, 0.4) is 0 Å². The van der Waals surface area contributed by atoms with Crippen LogP contribution in [0.4, 0.5) is 17.8 Å². The van der Waals surface area contributed by atoms with Gasteiger partial charge in [-0.2, -0.15) is 27.6 Å². The molecule has 0 spiro atoms. The number of carbonyl (C=O) groups is 1. The van der Waals surface area contributed by atoms with Crippen molar-refractivity contribution in [1.29, 1.82) is 0 Å². The number of nitrogen functional groups attached to an aromatic ring is 2. The van der Waals surface area contributed by atoms with Gasteiger partial charge < -0.3 is 11.5 Å². The molecule has 80 valence electrons. The fourth-order valence-electron chi connectivity index (χ4n) is 1.40. The van der Waals surface area contributed by atoms with Crippen molar-refractivity contribution in [2.75, 3.05) is 22.9 Å². The van der Waals surface area contributed by atoms with E-state index in [0.717, 1.165) is 0 Å². The van der Waals surface area contributed by atoms with Gasteiger partial charge in [-0.3, -0.25) is 9.69 Å². The minimum Gasteiger partial charge on any atom is -0.368 e. The van der Waals surface area contributed by atoms with E-state index in [1.54, 1.807) is 0 Å². The van der Waals surface area contributed by atoms with E-state index in [1.165, 1.54) is 4.90 Å². The SMILES string of the molecule is Nc1nc(N)nc(N2CC(S)CC2=O)n1. The maximum Gasteiger partial charge on any atom is 0.238 e. The molecule has 8 heteroatoms. The van der Waals surface area contributed by atoms with E-state index in [9.17, 15) is 4.79 Å². The Balaban J connectivity index is 2.33. The third-order valence-corrected chi connectivity index (χ3v) is 2.35. The smallest absolute Gasteiger partial charge is 0.238 e. The molecule has 0 saturated carbocycles. The van der Waals surface area contributed by atoms with Crippen LogP contribution in [0.25, 0.3) is 0 Å². The van der Waals surface area contributed by atoms with Crippen LogP contribution >= 0.6 is 12.6 Å². The van der Waals surface area contributed by atoms with Gasteiger partial charge in [0.1, 0.15) is 0 Å². The lowest BCUT2D eigenvalue weighted by atomic mass is 10.4. The van der Waals surface area contributed by atoms with Gasteiger partial charge in [-0.15, -0.1) is 0 Å². The summed E-state index contributed by atoms with van der Waals surface area (Å²) in [4.78, 5) is 24.2. The summed E-state index contributed by atoms with van der Waals surface area (Å²) in [5, 5.41) is -0.00304. The van der Waals surface area contributed by atoms with E-state index < -0.39 is 0 Å². The Morgan fingerprint density at radius 1 is 1.27 bits per heavy atom. The van der Waals surface area contributed by atoms with Crippen molar-refractivity contribution in [3.63, 3.8) is 0 Å². The Labute approximate surface area is 91.3 Å². The maximum atomic E-state index is 11.5. The molecule has 1 aliphatic heterocycles. The molecule has 0 aromatic carbocycles. The molecule has 7 nitrogen and oxygen atoms in total. The third kappa shape index (κ3) is 1.94. The number of hydrogen-bond acceptors (Lipinski definition) is 7. The quantitative estimate of drug-likeness (QED) is 0.533. The van der Waals surface area contributed by atoms with Gasteiger partial charge in [0.2, 0.25) is 23.8 Å². The van der Waals surface area contributed by atoms with Crippen molar-refractivity contribution >= 4 is 36.4 Å². The number of anilines is 3. The molecule has 1 aliphatic rings. The normalized spacial score (nSPS) is 21.0. The molecule has 1 saturated heterocycles. The second-order valence-corrected chi connectivity index (χ2v) is 3.94. The summed E-state index contributed by atoms with van der Waals surface area (Å²) < 4.78 is 0. The molecule has 0 bridgehead atoms. The van der Waals surface area contributed by atoms with E-state index >= 15 is 0 Å². The molecule has 0 aliphatic carbocycles. The average Bonchev–Trinajstić information content (AvgIpc) is 2.43. The number of hydrogen-bond donors (Lipinski definition) is 3. The van der Waals surface area contributed by atoms with Crippen molar-refractivity contribution in [3.05, 3.63) is 0 Å². The first-order chi connectivity index (χ1) is 7.06. The highest BCUT2D eigenvalue weighted by atomic mass is 32.1. The van der Waals surface area contributed by atoms with Gasteiger partial charge in [0.15, 0.2) is 0 Å². The second-order valence-electron chi connectivity index (χ2n) is 3.21. The number of thiol groups is 1. The maximum absolute atomic E-state index is 11.5. The van der Waals surface area contributed by atoms with E-state index in [-0.39, 0.29) is 29.0 Å². The fourth-order valence-corrected chi connectivity index (χ4v) is 1.72. The van der Waals surface area contributed by atoms with Gasteiger partial charge in [0.05, 0.1) is 0 Å². The molecule has 2 rings (SSSR count). The molecule has 1 aromatic rings. The zero-order valence-electron chi connectivity index (χ0n) is 7.79. The predicted molar refractivity (Wildman–Crippen MR) is 58.4 cm³/mol. The van der Waals surface area contributed by atoms with Crippen molar-refractivity contribution in [1.82, 2.24) is 15.0 Å². The van der Waals surface area contributed by atoms with Crippen LogP contribution < -0.4 is 16.4 Å².